The van der Waals surface area contributed by atoms with Crippen LogP contribution in [0.2, 0.25) is 0 Å². The normalized spacial score (nSPS) is 11.6. The molecular formula is C13H9F3N4OS. The summed E-state index contributed by atoms with van der Waals surface area (Å²) in [5.74, 6) is 0.354. The molecule has 0 fully saturated rings. The van der Waals surface area contributed by atoms with Crippen LogP contribution in [0.3, 0.4) is 0 Å². The third-order valence-corrected chi connectivity index (χ3v) is 3.52. The van der Waals surface area contributed by atoms with E-state index in [4.69, 9.17) is 4.42 Å². The van der Waals surface area contributed by atoms with Gasteiger partial charge in [-0.25, -0.2) is 15.0 Å². The van der Waals surface area contributed by atoms with E-state index in [1.54, 1.807) is 0 Å². The van der Waals surface area contributed by atoms with Crippen molar-refractivity contribution in [3.05, 3.63) is 47.4 Å². The minimum absolute atomic E-state index is 0.115. The molecule has 114 valence electrons. The maximum Gasteiger partial charge on any atom is 0.433 e. The van der Waals surface area contributed by atoms with Gasteiger partial charge in [0.2, 0.25) is 11.8 Å². The van der Waals surface area contributed by atoms with Crippen LogP contribution >= 0.6 is 11.3 Å². The van der Waals surface area contributed by atoms with Gasteiger partial charge < -0.3 is 9.73 Å². The third kappa shape index (κ3) is 3.25. The zero-order chi connectivity index (χ0) is 15.6. The van der Waals surface area contributed by atoms with Crippen LogP contribution in [0.5, 0.6) is 0 Å². The lowest BCUT2D eigenvalue weighted by molar-refractivity contribution is -0.141. The molecule has 0 saturated carbocycles. The van der Waals surface area contributed by atoms with Crippen LogP contribution in [0.15, 0.2) is 40.5 Å². The van der Waals surface area contributed by atoms with Gasteiger partial charge in [-0.15, -0.1) is 11.3 Å². The molecule has 0 aliphatic heterocycles. The number of nitrogens with zero attached hydrogens (tertiary/aromatic N) is 3. The van der Waals surface area contributed by atoms with E-state index in [-0.39, 0.29) is 12.5 Å². The Morgan fingerprint density at radius 1 is 1.23 bits per heavy atom. The minimum Gasteiger partial charge on any atom is -0.443 e. The molecule has 3 aromatic rings. The Bertz CT molecular complexity index is 755. The molecule has 1 N–H and O–H groups in total. The first-order valence-corrected chi connectivity index (χ1v) is 7.03. The van der Waals surface area contributed by atoms with E-state index in [2.05, 4.69) is 20.3 Å². The van der Waals surface area contributed by atoms with Crippen LogP contribution in [0, 0.1) is 0 Å². The van der Waals surface area contributed by atoms with Crippen LogP contribution in [-0.4, -0.2) is 15.0 Å². The number of rotatable bonds is 4. The van der Waals surface area contributed by atoms with Gasteiger partial charge in [0.25, 0.3) is 0 Å². The number of thiophene rings is 1. The molecule has 0 aliphatic rings. The van der Waals surface area contributed by atoms with Gasteiger partial charge in [-0.1, -0.05) is 6.07 Å². The molecule has 0 radical (unpaired) electrons. The van der Waals surface area contributed by atoms with Crippen molar-refractivity contribution in [1.82, 2.24) is 15.0 Å². The Morgan fingerprint density at radius 2 is 2.09 bits per heavy atom. The number of hydrogen-bond acceptors (Lipinski definition) is 6. The molecular weight excluding hydrogens is 317 g/mol. The lowest BCUT2D eigenvalue weighted by atomic mass is 10.4. The molecule has 0 unspecified atom stereocenters. The number of oxazole rings is 1. The summed E-state index contributed by atoms with van der Waals surface area (Å²) in [6, 6.07) is 4.55. The molecule has 0 aromatic carbocycles. The molecule has 3 rings (SSSR count). The molecule has 0 aliphatic carbocycles. The summed E-state index contributed by atoms with van der Waals surface area (Å²) in [6.45, 7) is 0.163. The predicted molar refractivity (Wildman–Crippen MR) is 74.2 cm³/mol. The number of alkyl halides is 3. The van der Waals surface area contributed by atoms with E-state index in [9.17, 15) is 13.2 Å². The number of hydrogen-bond donors (Lipinski definition) is 1. The first-order valence-electron chi connectivity index (χ1n) is 6.15. The van der Waals surface area contributed by atoms with Gasteiger partial charge in [0, 0.05) is 6.20 Å². The fourth-order valence-electron chi connectivity index (χ4n) is 1.67. The van der Waals surface area contributed by atoms with Gasteiger partial charge in [0.1, 0.15) is 12.0 Å². The fourth-order valence-corrected chi connectivity index (χ4v) is 2.33. The highest BCUT2D eigenvalue weighted by molar-refractivity contribution is 7.13. The zero-order valence-electron chi connectivity index (χ0n) is 11.0. The lowest BCUT2D eigenvalue weighted by Crippen LogP contribution is -2.11. The van der Waals surface area contributed by atoms with Crippen molar-refractivity contribution >= 4 is 17.3 Å². The Labute approximate surface area is 126 Å². The van der Waals surface area contributed by atoms with Crippen molar-refractivity contribution < 1.29 is 17.6 Å². The van der Waals surface area contributed by atoms with Gasteiger partial charge in [-0.3, -0.25) is 0 Å². The highest BCUT2D eigenvalue weighted by Gasteiger charge is 2.32. The molecule has 3 aromatic heterocycles. The quantitative estimate of drug-likeness (QED) is 0.789. The molecule has 9 heteroatoms. The van der Waals surface area contributed by atoms with Crippen molar-refractivity contribution in [1.29, 1.82) is 0 Å². The third-order valence-electron chi connectivity index (χ3n) is 2.66. The van der Waals surface area contributed by atoms with Crippen LogP contribution in [0.4, 0.5) is 19.1 Å². The summed E-state index contributed by atoms with van der Waals surface area (Å²) in [6.07, 6.45) is -2.01. The molecule has 5 nitrogen and oxygen atoms in total. The smallest absolute Gasteiger partial charge is 0.433 e. The van der Waals surface area contributed by atoms with Gasteiger partial charge in [-0.2, -0.15) is 13.2 Å². The SMILES string of the molecule is FC(F)(F)c1ccnc(NCc2coc(-c3cccs3)n2)n1. The largest absolute Gasteiger partial charge is 0.443 e. The minimum atomic E-state index is -4.50. The summed E-state index contributed by atoms with van der Waals surface area (Å²) in [4.78, 5) is 12.3. The topological polar surface area (TPSA) is 63.8 Å². The van der Waals surface area contributed by atoms with Gasteiger partial charge in [0.15, 0.2) is 0 Å². The summed E-state index contributed by atoms with van der Waals surface area (Å²) in [5.41, 5.74) is -0.450. The standard InChI is InChI=1S/C13H9F3N4OS/c14-13(15,16)10-3-4-17-12(20-10)18-6-8-7-21-11(19-8)9-2-1-5-22-9/h1-5,7H,6H2,(H,17,18,20). The summed E-state index contributed by atoms with van der Waals surface area (Å²) in [7, 11) is 0. The van der Waals surface area contributed by atoms with Crippen LogP contribution in [-0.2, 0) is 12.7 Å². The Hall–Kier alpha value is -2.42. The Balaban J connectivity index is 1.68. The van der Waals surface area contributed by atoms with E-state index in [0.29, 0.717) is 11.6 Å². The van der Waals surface area contributed by atoms with Crippen molar-refractivity contribution in [2.75, 3.05) is 5.32 Å². The van der Waals surface area contributed by atoms with E-state index in [0.717, 1.165) is 17.1 Å². The van der Waals surface area contributed by atoms with Gasteiger partial charge >= 0.3 is 6.18 Å². The van der Waals surface area contributed by atoms with Gasteiger partial charge in [-0.05, 0) is 17.5 Å². The second-order valence-electron chi connectivity index (χ2n) is 4.24. The van der Waals surface area contributed by atoms with Crippen LogP contribution in [0.25, 0.3) is 10.8 Å². The van der Waals surface area contributed by atoms with E-state index < -0.39 is 11.9 Å². The van der Waals surface area contributed by atoms with E-state index >= 15 is 0 Å². The second-order valence-corrected chi connectivity index (χ2v) is 5.19. The number of anilines is 1. The highest BCUT2D eigenvalue weighted by Crippen LogP contribution is 2.27. The van der Waals surface area contributed by atoms with Crippen LogP contribution < -0.4 is 5.32 Å². The average molecular weight is 326 g/mol. The molecule has 0 bridgehead atoms. The molecule has 0 amide bonds. The zero-order valence-corrected chi connectivity index (χ0v) is 11.8. The number of halogens is 3. The van der Waals surface area contributed by atoms with E-state index in [1.165, 1.54) is 17.6 Å². The predicted octanol–water partition coefficient (Wildman–Crippen LogP) is 3.82. The summed E-state index contributed by atoms with van der Waals surface area (Å²) < 4.78 is 43.0. The van der Waals surface area contributed by atoms with E-state index in [1.807, 2.05) is 17.5 Å². The number of nitrogens with one attached hydrogen (secondary N) is 1. The first kappa shape index (κ1) is 14.5. The van der Waals surface area contributed by atoms with Crippen molar-refractivity contribution in [3.63, 3.8) is 0 Å². The summed E-state index contributed by atoms with van der Waals surface area (Å²) >= 11 is 1.48. The average Bonchev–Trinajstić information content (AvgIpc) is 3.15. The Morgan fingerprint density at radius 3 is 2.82 bits per heavy atom. The number of aromatic nitrogens is 3. The maximum atomic E-state index is 12.5. The van der Waals surface area contributed by atoms with Crippen molar-refractivity contribution in [3.8, 4) is 10.8 Å². The molecule has 0 saturated heterocycles. The van der Waals surface area contributed by atoms with Crippen LogP contribution in [0.1, 0.15) is 11.4 Å². The molecule has 0 atom stereocenters. The van der Waals surface area contributed by atoms with Gasteiger partial charge in [0.05, 0.1) is 17.1 Å². The molecule has 22 heavy (non-hydrogen) atoms. The lowest BCUT2D eigenvalue weighted by Gasteiger charge is -2.07. The van der Waals surface area contributed by atoms with Crippen molar-refractivity contribution in [2.24, 2.45) is 0 Å². The summed E-state index contributed by atoms with van der Waals surface area (Å²) in [5, 5.41) is 4.59. The fraction of sp³-hybridized carbons (Fsp3) is 0.154. The second kappa shape index (κ2) is 5.76. The maximum absolute atomic E-state index is 12.5. The molecule has 3 heterocycles. The van der Waals surface area contributed by atoms with Crippen molar-refractivity contribution in [2.45, 2.75) is 12.7 Å². The highest BCUT2D eigenvalue weighted by atomic mass is 32.1. The molecule has 0 spiro atoms. The first-order chi connectivity index (χ1) is 10.5. The monoisotopic (exact) mass is 326 g/mol. The Kier molecular flexibility index (Phi) is 3.80.